The second kappa shape index (κ2) is 10.9. The minimum atomic E-state index is -1.41. The molecule has 34 heavy (non-hydrogen) atoms. The molecular weight excluding hydrogens is 436 g/mol. The van der Waals surface area contributed by atoms with Crippen molar-refractivity contribution < 1.29 is 33.3 Å². The average Bonchev–Trinajstić information content (AvgIpc) is 3.12. The van der Waals surface area contributed by atoms with Crippen LogP contribution in [-0.2, 0) is 30.9 Å². The molecule has 2 aliphatic rings. The smallest absolute Gasteiger partial charge is 0.341 e. The molecule has 1 aliphatic heterocycles. The Bertz CT molecular complexity index is 1030. The molecule has 3 rings (SSSR count). The maximum Gasteiger partial charge on any atom is 0.341 e. The van der Waals surface area contributed by atoms with Gasteiger partial charge in [-0.05, 0) is 42.9 Å². The number of hydrogen-bond acceptors (Lipinski definition) is 7. The van der Waals surface area contributed by atoms with Crippen LogP contribution in [0.1, 0.15) is 80.3 Å². The Morgan fingerprint density at radius 2 is 1.62 bits per heavy atom. The quantitative estimate of drug-likeness (QED) is 0.256. The molecule has 0 bridgehead atoms. The summed E-state index contributed by atoms with van der Waals surface area (Å²) in [6, 6.07) is 1.56. The molecule has 1 aromatic rings. The van der Waals surface area contributed by atoms with E-state index in [1.165, 1.54) is 33.5 Å². The molecular formula is C27H34O7. The van der Waals surface area contributed by atoms with Crippen LogP contribution in [0, 0.1) is 0 Å². The van der Waals surface area contributed by atoms with Crippen LogP contribution in [0.3, 0.4) is 0 Å². The molecule has 0 saturated heterocycles. The van der Waals surface area contributed by atoms with Crippen LogP contribution in [0.4, 0.5) is 0 Å². The van der Waals surface area contributed by atoms with Gasteiger partial charge < -0.3 is 18.9 Å². The lowest BCUT2D eigenvalue weighted by Crippen LogP contribution is -2.42. The van der Waals surface area contributed by atoms with Crippen molar-refractivity contribution in [3.8, 4) is 11.5 Å². The standard InChI is InChI=1S/C27H34O7/c1-6-8-10-12-17-14-18(28)15-22(32-4)27(17)24-19(13-11-9-7-2)23(25(29)33-5)20(31-3)16-21(24)34-26(27)30/h14-16H,6-13H2,1-5H3. The van der Waals surface area contributed by atoms with Crippen LogP contribution < -0.4 is 9.47 Å². The number of ketones is 1. The number of ether oxygens (including phenoxy) is 4. The zero-order valence-electron chi connectivity index (χ0n) is 20.7. The molecule has 184 valence electrons. The van der Waals surface area contributed by atoms with Crippen molar-refractivity contribution in [1.82, 2.24) is 0 Å². The fraction of sp³-hybridized carbons (Fsp3) is 0.519. The van der Waals surface area contributed by atoms with Gasteiger partial charge in [-0.15, -0.1) is 0 Å². The molecule has 1 unspecified atom stereocenters. The Kier molecular flexibility index (Phi) is 8.18. The highest BCUT2D eigenvalue weighted by Gasteiger charge is 2.59. The fourth-order valence-corrected chi connectivity index (χ4v) is 5.01. The zero-order valence-corrected chi connectivity index (χ0v) is 20.7. The fourth-order valence-electron chi connectivity index (χ4n) is 5.01. The molecule has 7 nitrogen and oxygen atoms in total. The predicted molar refractivity (Wildman–Crippen MR) is 127 cm³/mol. The molecule has 0 N–H and O–H groups in total. The van der Waals surface area contributed by atoms with Crippen LogP contribution in [0.2, 0.25) is 0 Å². The Morgan fingerprint density at radius 1 is 0.941 bits per heavy atom. The topological polar surface area (TPSA) is 88.1 Å². The van der Waals surface area contributed by atoms with Crippen molar-refractivity contribution >= 4 is 17.7 Å². The third-order valence-corrected chi connectivity index (χ3v) is 6.59. The van der Waals surface area contributed by atoms with Crippen molar-refractivity contribution in [2.24, 2.45) is 0 Å². The van der Waals surface area contributed by atoms with Crippen LogP contribution in [0.5, 0.6) is 11.5 Å². The minimum Gasteiger partial charge on any atom is -0.499 e. The van der Waals surface area contributed by atoms with Gasteiger partial charge in [-0.25, -0.2) is 9.59 Å². The lowest BCUT2D eigenvalue weighted by Gasteiger charge is -2.34. The summed E-state index contributed by atoms with van der Waals surface area (Å²) in [5.41, 5.74) is 0.685. The van der Waals surface area contributed by atoms with Gasteiger partial charge in [0.1, 0.15) is 22.8 Å². The molecule has 0 amide bonds. The van der Waals surface area contributed by atoms with Crippen LogP contribution in [-0.4, -0.2) is 39.1 Å². The van der Waals surface area contributed by atoms with Gasteiger partial charge in [-0.2, -0.15) is 0 Å². The summed E-state index contributed by atoms with van der Waals surface area (Å²) in [5, 5.41) is 0. The molecule has 1 aromatic carbocycles. The van der Waals surface area contributed by atoms with Gasteiger partial charge in [-0.3, -0.25) is 4.79 Å². The maximum atomic E-state index is 13.7. The normalized spacial score (nSPS) is 18.9. The van der Waals surface area contributed by atoms with E-state index in [0.29, 0.717) is 35.3 Å². The molecule has 7 heteroatoms. The molecule has 1 atom stereocenters. The molecule has 1 heterocycles. The van der Waals surface area contributed by atoms with Gasteiger partial charge in [0.15, 0.2) is 11.2 Å². The highest BCUT2D eigenvalue weighted by atomic mass is 16.6. The number of benzene rings is 1. The number of carbonyl (C=O) groups is 3. The number of hydrogen-bond donors (Lipinski definition) is 0. The number of allylic oxidation sites excluding steroid dienone is 2. The van der Waals surface area contributed by atoms with E-state index < -0.39 is 17.4 Å². The van der Waals surface area contributed by atoms with Gasteiger partial charge >= 0.3 is 11.9 Å². The first-order valence-electron chi connectivity index (χ1n) is 12.0. The van der Waals surface area contributed by atoms with Gasteiger partial charge in [-0.1, -0.05) is 39.5 Å². The number of carbonyl (C=O) groups excluding carboxylic acids is 3. The van der Waals surface area contributed by atoms with Crippen LogP contribution >= 0.6 is 0 Å². The highest BCUT2D eigenvalue weighted by molar-refractivity contribution is 6.09. The SMILES string of the molecule is CCCCCC1=CC(=O)C=C(OC)C12C(=O)Oc1cc(OC)c(C(=O)OC)c(CCCCC)c12. The van der Waals surface area contributed by atoms with E-state index in [9.17, 15) is 14.4 Å². The average molecular weight is 471 g/mol. The number of esters is 2. The first-order valence-corrected chi connectivity index (χ1v) is 12.0. The zero-order chi connectivity index (χ0) is 24.9. The van der Waals surface area contributed by atoms with Gasteiger partial charge in [0, 0.05) is 17.7 Å². The Labute approximate surface area is 201 Å². The van der Waals surface area contributed by atoms with Crippen molar-refractivity contribution in [3.63, 3.8) is 0 Å². The molecule has 0 radical (unpaired) electrons. The van der Waals surface area contributed by atoms with Crippen molar-refractivity contribution in [2.75, 3.05) is 21.3 Å². The lowest BCUT2D eigenvalue weighted by atomic mass is 9.66. The van der Waals surface area contributed by atoms with Crippen LogP contribution in [0.25, 0.3) is 0 Å². The van der Waals surface area contributed by atoms with Gasteiger partial charge in [0.05, 0.1) is 21.3 Å². The predicted octanol–water partition coefficient (Wildman–Crippen LogP) is 4.99. The van der Waals surface area contributed by atoms with E-state index in [-0.39, 0.29) is 22.9 Å². The Morgan fingerprint density at radius 3 is 2.21 bits per heavy atom. The summed E-state index contributed by atoms with van der Waals surface area (Å²) in [7, 11) is 4.23. The second-order valence-corrected chi connectivity index (χ2v) is 8.64. The van der Waals surface area contributed by atoms with Crippen molar-refractivity contribution in [3.05, 3.63) is 46.2 Å². The van der Waals surface area contributed by atoms with Crippen molar-refractivity contribution in [1.29, 1.82) is 0 Å². The van der Waals surface area contributed by atoms with Crippen molar-refractivity contribution in [2.45, 2.75) is 70.6 Å². The summed E-state index contributed by atoms with van der Waals surface area (Å²) < 4.78 is 22.1. The monoisotopic (exact) mass is 470 g/mol. The number of rotatable bonds is 11. The third-order valence-electron chi connectivity index (χ3n) is 6.59. The van der Waals surface area contributed by atoms with Gasteiger partial charge in [0.2, 0.25) is 0 Å². The molecule has 1 aliphatic carbocycles. The summed E-state index contributed by atoms with van der Waals surface area (Å²) >= 11 is 0. The first kappa shape index (κ1) is 25.5. The lowest BCUT2D eigenvalue weighted by molar-refractivity contribution is -0.137. The third kappa shape index (κ3) is 4.24. The Balaban J connectivity index is 2.36. The number of unbranched alkanes of at least 4 members (excludes halogenated alkanes) is 4. The number of methoxy groups -OCH3 is 3. The molecule has 0 fully saturated rings. The number of fused-ring (bicyclic) bond motifs is 2. The summed E-state index contributed by atoms with van der Waals surface area (Å²) in [6.45, 7) is 4.19. The highest BCUT2D eigenvalue weighted by Crippen LogP contribution is 2.55. The molecule has 0 saturated carbocycles. The summed E-state index contributed by atoms with van der Waals surface area (Å²) in [6.07, 6.45) is 9.39. The molecule has 1 spiro atoms. The minimum absolute atomic E-state index is 0.216. The van der Waals surface area contributed by atoms with E-state index in [0.717, 1.165) is 38.5 Å². The van der Waals surface area contributed by atoms with Crippen LogP contribution in [0.15, 0.2) is 29.6 Å². The molecule has 0 aromatic heterocycles. The summed E-state index contributed by atoms with van der Waals surface area (Å²) in [5.74, 6) is -0.496. The second-order valence-electron chi connectivity index (χ2n) is 8.64. The Hall–Kier alpha value is -3.09. The van der Waals surface area contributed by atoms with E-state index in [2.05, 4.69) is 13.8 Å². The largest absolute Gasteiger partial charge is 0.499 e. The summed E-state index contributed by atoms with van der Waals surface area (Å²) in [4.78, 5) is 39.2. The first-order chi connectivity index (χ1) is 16.4. The van der Waals surface area contributed by atoms with Gasteiger partial charge in [0.25, 0.3) is 0 Å². The van der Waals surface area contributed by atoms with E-state index >= 15 is 0 Å². The van der Waals surface area contributed by atoms with E-state index in [4.69, 9.17) is 18.9 Å². The van der Waals surface area contributed by atoms with E-state index in [1.807, 2.05) is 0 Å². The maximum absolute atomic E-state index is 13.7. The van der Waals surface area contributed by atoms with E-state index in [1.54, 1.807) is 6.07 Å².